The fourth-order valence-electron chi connectivity index (χ4n) is 2.10. The van der Waals surface area contributed by atoms with Crippen LogP contribution in [0.15, 0.2) is 0 Å². The van der Waals surface area contributed by atoms with E-state index in [0.717, 1.165) is 13.0 Å². The van der Waals surface area contributed by atoms with Gasteiger partial charge in [-0.05, 0) is 13.0 Å². The van der Waals surface area contributed by atoms with Crippen LogP contribution in [0.5, 0.6) is 0 Å². The Balaban J connectivity index is 2.45. The van der Waals surface area contributed by atoms with Crippen LogP contribution >= 0.6 is 0 Å². The Morgan fingerprint density at radius 2 is 1.75 bits per heavy atom. The molecule has 0 radical (unpaired) electrons. The van der Waals surface area contributed by atoms with Gasteiger partial charge in [0.25, 0.3) is 0 Å². The molecule has 1 unspecified atom stereocenters. The molecule has 1 rings (SSSR count). The van der Waals surface area contributed by atoms with E-state index in [2.05, 4.69) is 11.8 Å². The van der Waals surface area contributed by atoms with Crippen LogP contribution in [0.1, 0.15) is 13.3 Å². The lowest BCUT2D eigenvalue weighted by atomic mass is 10.2. The third-order valence-corrected chi connectivity index (χ3v) is 2.99. The first kappa shape index (κ1) is 13.7. The molecule has 0 aromatic carbocycles. The minimum absolute atomic E-state index is 0.350. The van der Waals surface area contributed by atoms with Gasteiger partial charge in [-0.3, -0.25) is 4.90 Å². The highest BCUT2D eigenvalue weighted by molar-refractivity contribution is 4.83. The van der Waals surface area contributed by atoms with E-state index >= 15 is 0 Å². The van der Waals surface area contributed by atoms with Crippen LogP contribution in [0, 0.1) is 0 Å². The molecule has 0 aromatic rings. The smallest absolute Gasteiger partial charge is 0.329 e. The zero-order chi connectivity index (χ0) is 12.2. The largest absolute Gasteiger partial charge is 0.405 e. The highest BCUT2D eigenvalue weighted by atomic mass is 19.4. The Morgan fingerprint density at radius 1 is 1.19 bits per heavy atom. The Hall–Kier alpha value is -0.330. The van der Waals surface area contributed by atoms with Crippen molar-refractivity contribution >= 4 is 0 Å². The lowest BCUT2D eigenvalue weighted by Gasteiger charge is -2.39. The van der Waals surface area contributed by atoms with Crippen molar-refractivity contribution in [3.8, 4) is 0 Å². The molecule has 1 aliphatic heterocycles. The quantitative estimate of drug-likeness (QED) is 0.791. The maximum atomic E-state index is 12.6. The van der Waals surface area contributed by atoms with Crippen LogP contribution in [-0.4, -0.2) is 61.3 Å². The van der Waals surface area contributed by atoms with Crippen molar-refractivity contribution in [1.29, 1.82) is 0 Å². The van der Waals surface area contributed by atoms with E-state index in [1.54, 1.807) is 0 Å². The predicted octanol–water partition coefficient (Wildman–Crippen LogP) is 0.904. The molecule has 0 aliphatic carbocycles. The monoisotopic (exact) mass is 239 g/mol. The molecule has 1 saturated heterocycles. The van der Waals surface area contributed by atoms with Crippen LogP contribution < -0.4 is 5.73 Å². The van der Waals surface area contributed by atoms with Crippen molar-refractivity contribution < 1.29 is 13.2 Å². The first-order chi connectivity index (χ1) is 7.49. The fourth-order valence-corrected chi connectivity index (χ4v) is 2.10. The fraction of sp³-hybridized carbons (Fsp3) is 1.00. The maximum absolute atomic E-state index is 12.6. The van der Waals surface area contributed by atoms with E-state index in [4.69, 9.17) is 5.73 Å². The van der Waals surface area contributed by atoms with Gasteiger partial charge in [0.15, 0.2) is 0 Å². The maximum Gasteiger partial charge on any atom is 0.405 e. The van der Waals surface area contributed by atoms with Gasteiger partial charge in [0, 0.05) is 32.7 Å². The lowest BCUT2D eigenvalue weighted by Crippen LogP contribution is -2.57. The second kappa shape index (κ2) is 5.84. The van der Waals surface area contributed by atoms with E-state index < -0.39 is 12.2 Å². The zero-order valence-electron chi connectivity index (χ0n) is 9.63. The molecule has 1 aliphatic rings. The average Bonchev–Trinajstić information content (AvgIpc) is 2.20. The van der Waals surface area contributed by atoms with Crippen molar-refractivity contribution in [3.05, 3.63) is 0 Å². The molecule has 0 bridgehead atoms. The summed E-state index contributed by atoms with van der Waals surface area (Å²) in [6.07, 6.45) is -3.17. The molecule has 2 N–H and O–H groups in total. The first-order valence-corrected chi connectivity index (χ1v) is 5.72. The predicted molar refractivity (Wildman–Crippen MR) is 57.2 cm³/mol. The summed E-state index contributed by atoms with van der Waals surface area (Å²) in [6.45, 7) is 5.03. The molecule has 0 amide bonds. The average molecular weight is 239 g/mol. The molecular formula is C10H20F3N3. The molecule has 3 nitrogen and oxygen atoms in total. The van der Waals surface area contributed by atoms with Crippen molar-refractivity contribution in [2.24, 2.45) is 5.73 Å². The van der Waals surface area contributed by atoms with Crippen LogP contribution in [0.2, 0.25) is 0 Å². The molecule has 0 spiro atoms. The minimum atomic E-state index is -4.21. The number of piperazine rings is 1. The van der Waals surface area contributed by atoms with Crippen LogP contribution in [0.4, 0.5) is 13.2 Å². The third-order valence-electron chi connectivity index (χ3n) is 2.99. The van der Waals surface area contributed by atoms with Crippen LogP contribution in [0.3, 0.4) is 0 Å². The van der Waals surface area contributed by atoms with Gasteiger partial charge in [-0.15, -0.1) is 0 Å². The van der Waals surface area contributed by atoms with Gasteiger partial charge in [-0.1, -0.05) is 6.92 Å². The van der Waals surface area contributed by atoms with Gasteiger partial charge in [0.2, 0.25) is 0 Å². The van der Waals surface area contributed by atoms with E-state index in [-0.39, 0.29) is 6.54 Å². The number of halogens is 3. The second-order valence-electron chi connectivity index (χ2n) is 4.17. The van der Waals surface area contributed by atoms with Crippen molar-refractivity contribution in [2.45, 2.75) is 25.6 Å². The summed E-state index contributed by atoms with van der Waals surface area (Å²) in [7, 11) is 0. The van der Waals surface area contributed by atoms with Crippen molar-refractivity contribution in [2.75, 3.05) is 39.3 Å². The Morgan fingerprint density at radius 3 is 2.12 bits per heavy atom. The normalized spacial score (nSPS) is 22.3. The van der Waals surface area contributed by atoms with Gasteiger partial charge in [-0.2, -0.15) is 13.2 Å². The Kier molecular flexibility index (Phi) is 5.01. The lowest BCUT2D eigenvalue weighted by molar-refractivity contribution is -0.184. The number of nitrogens with zero attached hydrogens (tertiary/aromatic N) is 2. The molecule has 16 heavy (non-hydrogen) atoms. The van der Waals surface area contributed by atoms with E-state index in [1.165, 1.54) is 4.90 Å². The molecule has 6 heteroatoms. The summed E-state index contributed by atoms with van der Waals surface area (Å²) in [4.78, 5) is 3.65. The van der Waals surface area contributed by atoms with Gasteiger partial charge in [0.05, 0.1) is 0 Å². The summed E-state index contributed by atoms with van der Waals surface area (Å²) in [6, 6.07) is -1.48. The van der Waals surface area contributed by atoms with Crippen molar-refractivity contribution in [3.63, 3.8) is 0 Å². The summed E-state index contributed by atoms with van der Waals surface area (Å²) < 4.78 is 37.8. The molecular weight excluding hydrogens is 219 g/mol. The van der Waals surface area contributed by atoms with E-state index in [1.807, 2.05) is 0 Å². The number of nitrogens with two attached hydrogens (primary N) is 1. The second-order valence-corrected chi connectivity index (χ2v) is 4.17. The van der Waals surface area contributed by atoms with E-state index in [0.29, 0.717) is 26.2 Å². The Bertz CT molecular complexity index is 200. The van der Waals surface area contributed by atoms with Gasteiger partial charge >= 0.3 is 6.18 Å². The molecule has 0 aromatic heterocycles. The topological polar surface area (TPSA) is 32.5 Å². The van der Waals surface area contributed by atoms with Gasteiger partial charge in [0.1, 0.15) is 6.04 Å². The zero-order valence-corrected chi connectivity index (χ0v) is 9.63. The number of hydrogen-bond acceptors (Lipinski definition) is 3. The Labute approximate surface area is 94.4 Å². The summed E-state index contributed by atoms with van der Waals surface area (Å²) >= 11 is 0. The summed E-state index contributed by atoms with van der Waals surface area (Å²) in [5.74, 6) is 0. The molecule has 1 fully saturated rings. The standard InChI is InChI=1S/C10H20F3N3/c1-2-3-15-4-6-16(7-5-15)9(8-14)10(11,12)13/h9H,2-8,14H2,1H3. The molecule has 96 valence electrons. The van der Waals surface area contributed by atoms with E-state index in [9.17, 15) is 13.2 Å². The number of alkyl halides is 3. The molecule has 1 atom stereocenters. The van der Waals surface area contributed by atoms with Crippen LogP contribution in [0.25, 0.3) is 0 Å². The first-order valence-electron chi connectivity index (χ1n) is 5.72. The third kappa shape index (κ3) is 3.61. The SMILES string of the molecule is CCCN1CCN(C(CN)C(F)(F)F)CC1. The van der Waals surface area contributed by atoms with Crippen LogP contribution in [-0.2, 0) is 0 Å². The van der Waals surface area contributed by atoms with Gasteiger partial charge < -0.3 is 10.6 Å². The number of rotatable bonds is 4. The molecule has 1 heterocycles. The highest BCUT2D eigenvalue weighted by Crippen LogP contribution is 2.24. The molecule has 0 saturated carbocycles. The summed E-state index contributed by atoms with van der Waals surface area (Å²) in [5, 5.41) is 0. The van der Waals surface area contributed by atoms with Crippen molar-refractivity contribution in [1.82, 2.24) is 9.80 Å². The minimum Gasteiger partial charge on any atom is -0.329 e. The van der Waals surface area contributed by atoms with Gasteiger partial charge in [-0.25, -0.2) is 0 Å². The highest BCUT2D eigenvalue weighted by Gasteiger charge is 2.43. The number of hydrogen-bond donors (Lipinski definition) is 1. The summed E-state index contributed by atoms with van der Waals surface area (Å²) in [5.41, 5.74) is 5.21.